The minimum absolute atomic E-state index is 0.0314. The van der Waals surface area contributed by atoms with Crippen molar-refractivity contribution in [2.45, 2.75) is 17.7 Å². The lowest BCUT2D eigenvalue weighted by Gasteiger charge is -2.30. The van der Waals surface area contributed by atoms with Crippen molar-refractivity contribution in [2.24, 2.45) is 5.92 Å². The zero-order chi connectivity index (χ0) is 21.7. The van der Waals surface area contributed by atoms with Gasteiger partial charge in [0.25, 0.3) is 5.91 Å². The number of amides is 2. The third-order valence-corrected chi connectivity index (χ3v) is 7.52. The Morgan fingerprint density at radius 2 is 1.67 bits per heavy atom. The number of nitriles is 1. The van der Waals surface area contributed by atoms with Gasteiger partial charge >= 0.3 is 0 Å². The predicted octanol–water partition coefficient (Wildman–Crippen LogP) is 2.18. The average Bonchev–Trinajstić information content (AvgIpc) is 2.77. The molecule has 8 nitrogen and oxygen atoms in total. The van der Waals surface area contributed by atoms with Gasteiger partial charge in [-0.3, -0.25) is 20.4 Å². The van der Waals surface area contributed by atoms with Gasteiger partial charge in [-0.1, -0.05) is 24.3 Å². The van der Waals surface area contributed by atoms with Crippen LogP contribution in [0.5, 0.6) is 0 Å². The molecular formula is C20H19BrN4O4S. The van der Waals surface area contributed by atoms with Crippen LogP contribution >= 0.6 is 15.9 Å². The Labute approximate surface area is 183 Å². The van der Waals surface area contributed by atoms with E-state index in [4.69, 9.17) is 0 Å². The maximum absolute atomic E-state index is 12.9. The van der Waals surface area contributed by atoms with Crippen LogP contribution in [-0.2, 0) is 14.8 Å². The summed E-state index contributed by atoms with van der Waals surface area (Å²) in [7, 11) is -3.82. The van der Waals surface area contributed by atoms with E-state index in [1.807, 2.05) is 6.07 Å². The predicted molar refractivity (Wildman–Crippen MR) is 112 cm³/mol. The molecule has 0 unspecified atom stereocenters. The van der Waals surface area contributed by atoms with Gasteiger partial charge in [0.1, 0.15) is 6.07 Å². The number of hydrogen-bond acceptors (Lipinski definition) is 5. The molecule has 0 aliphatic carbocycles. The number of piperidine rings is 1. The molecule has 156 valence electrons. The molecule has 1 saturated heterocycles. The van der Waals surface area contributed by atoms with Crippen LogP contribution in [-0.4, -0.2) is 37.6 Å². The van der Waals surface area contributed by atoms with Gasteiger partial charge in [-0.2, -0.15) is 9.57 Å². The van der Waals surface area contributed by atoms with Crippen molar-refractivity contribution in [2.75, 3.05) is 13.1 Å². The van der Waals surface area contributed by atoms with Crippen molar-refractivity contribution in [3.63, 3.8) is 0 Å². The first kappa shape index (κ1) is 22.0. The van der Waals surface area contributed by atoms with Crippen LogP contribution < -0.4 is 10.9 Å². The van der Waals surface area contributed by atoms with Crippen molar-refractivity contribution >= 4 is 37.8 Å². The van der Waals surface area contributed by atoms with Gasteiger partial charge in [-0.15, -0.1) is 0 Å². The van der Waals surface area contributed by atoms with E-state index in [0.717, 1.165) is 0 Å². The maximum atomic E-state index is 12.9. The van der Waals surface area contributed by atoms with E-state index in [9.17, 15) is 23.3 Å². The van der Waals surface area contributed by atoms with Gasteiger partial charge in [0.05, 0.1) is 16.0 Å². The molecular weight excluding hydrogens is 472 g/mol. The molecule has 1 aliphatic heterocycles. The Kier molecular flexibility index (Phi) is 6.87. The molecule has 1 heterocycles. The van der Waals surface area contributed by atoms with E-state index >= 15 is 0 Å². The summed E-state index contributed by atoms with van der Waals surface area (Å²) in [6, 6.07) is 14.8. The fraction of sp³-hybridized carbons (Fsp3) is 0.250. The van der Waals surface area contributed by atoms with Crippen molar-refractivity contribution < 1.29 is 18.0 Å². The largest absolute Gasteiger partial charge is 0.273 e. The first-order valence-corrected chi connectivity index (χ1v) is 11.4. The lowest BCUT2D eigenvalue weighted by molar-refractivity contribution is -0.126. The molecule has 3 rings (SSSR count). The van der Waals surface area contributed by atoms with Crippen LogP contribution in [0, 0.1) is 17.2 Å². The zero-order valence-electron chi connectivity index (χ0n) is 15.8. The minimum atomic E-state index is -3.82. The van der Waals surface area contributed by atoms with Crippen LogP contribution in [0.15, 0.2) is 57.9 Å². The Bertz CT molecular complexity index is 1110. The molecule has 2 N–H and O–H groups in total. The van der Waals surface area contributed by atoms with Crippen molar-refractivity contribution in [3.8, 4) is 6.07 Å². The number of carbonyl (C=O) groups is 2. The summed E-state index contributed by atoms with van der Waals surface area (Å²) in [6.45, 7) is 0.302. The third kappa shape index (κ3) is 4.70. The molecule has 0 spiro atoms. The normalized spacial score (nSPS) is 15.2. The average molecular weight is 491 g/mol. The van der Waals surface area contributed by atoms with E-state index in [2.05, 4.69) is 26.8 Å². The highest BCUT2D eigenvalue weighted by Crippen LogP contribution is 2.25. The Hall–Kier alpha value is -2.74. The number of rotatable bonds is 4. The number of carbonyl (C=O) groups excluding carboxylic acids is 2. The molecule has 0 bridgehead atoms. The fourth-order valence-electron chi connectivity index (χ4n) is 3.21. The summed E-state index contributed by atoms with van der Waals surface area (Å²) < 4.78 is 27.6. The summed E-state index contributed by atoms with van der Waals surface area (Å²) >= 11 is 3.28. The van der Waals surface area contributed by atoms with Gasteiger partial charge in [-0.05, 0) is 53.0 Å². The van der Waals surface area contributed by atoms with Crippen LogP contribution in [0.25, 0.3) is 0 Å². The Morgan fingerprint density at radius 3 is 2.33 bits per heavy atom. The summed E-state index contributed by atoms with van der Waals surface area (Å²) in [5.74, 6) is -1.25. The molecule has 1 aliphatic rings. The van der Waals surface area contributed by atoms with Crippen molar-refractivity contribution in [1.82, 2.24) is 15.2 Å². The van der Waals surface area contributed by atoms with Crippen LogP contribution in [0.3, 0.4) is 0 Å². The number of hydrogen-bond donors (Lipinski definition) is 2. The molecule has 0 aromatic heterocycles. The monoisotopic (exact) mass is 490 g/mol. The fourth-order valence-corrected chi connectivity index (χ4v) is 5.29. The molecule has 30 heavy (non-hydrogen) atoms. The number of benzene rings is 2. The minimum Gasteiger partial charge on any atom is -0.273 e. The van der Waals surface area contributed by atoms with Gasteiger partial charge in [0.15, 0.2) is 0 Å². The number of sulfonamides is 1. The summed E-state index contributed by atoms with van der Waals surface area (Å²) in [5, 5.41) is 9.17. The summed E-state index contributed by atoms with van der Waals surface area (Å²) in [4.78, 5) is 24.5. The van der Waals surface area contributed by atoms with Crippen molar-refractivity contribution in [1.29, 1.82) is 5.26 Å². The van der Waals surface area contributed by atoms with Gasteiger partial charge < -0.3 is 0 Å². The van der Waals surface area contributed by atoms with Crippen LogP contribution in [0.1, 0.15) is 28.8 Å². The second-order valence-electron chi connectivity index (χ2n) is 6.71. The molecule has 0 saturated carbocycles. The first-order valence-electron chi connectivity index (χ1n) is 9.18. The van der Waals surface area contributed by atoms with Gasteiger partial charge in [0.2, 0.25) is 15.9 Å². The highest BCUT2D eigenvalue weighted by Gasteiger charge is 2.33. The van der Waals surface area contributed by atoms with E-state index in [0.29, 0.717) is 22.9 Å². The van der Waals surface area contributed by atoms with Gasteiger partial charge in [-0.25, -0.2) is 8.42 Å². The number of nitrogens with one attached hydrogen (secondary N) is 2. The zero-order valence-corrected chi connectivity index (χ0v) is 18.2. The second kappa shape index (κ2) is 9.38. The molecule has 1 fully saturated rings. The smallest absolute Gasteiger partial charge is 0.270 e. The molecule has 2 aromatic rings. The Morgan fingerprint density at radius 1 is 1.03 bits per heavy atom. The van der Waals surface area contributed by atoms with E-state index in [1.165, 1.54) is 16.4 Å². The second-order valence-corrected chi connectivity index (χ2v) is 9.47. The topological polar surface area (TPSA) is 119 Å². The molecule has 10 heteroatoms. The Balaban J connectivity index is 1.57. The standard InChI is InChI=1S/C20H19BrN4O4S/c21-17-7-3-2-6-16(17)20(27)24-23-19(26)14-9-11-25(12-10-14)30(28,29)18-8-4-1-5-15(18)13-22/h1-8,14H,9-12H2,(H,23,26)(H,24,27). The molecule has 0 atom stereocenters. The van der Waals surface area contributed by atoms with Crippen LogP contribution in [0.2, 0.25) is 0 Å². The summed E-state index contributed by atoms with van der Waals surface area (Å²) in [5.41, 5.74) is 5.27. The highest BCUT2D eigenvalue weighted by atomic mass is 79.9. The number of hydrazine groups is 1. The molecule has 2 amide bonds. The lowest BCUT2D eigenvalue weighted by Crippen LogP contribution is -2.48. The van der Waals surface area contributed by atoms with Crippen molar-refractivity contribution in [3.05, 3.63) is 64.1 Å². The van der Waals surface area contributed by atoms with E-state index in [1.54, 1.807) is 36.4 Å². The van der Waals surface area contributed by atoms with Gasteiger partial charge in [0, 0.05) is 23.5 Å². The molecule has 0 radical (unpaired) electrons. The SMILES string of the molecule is N#Cc1ccccc1S(=O)(=O)N1CCC(C(=O)NNC(=O)c2ccccc2Br)CC1. The molecule has 2 aromatic carbocycles. The highest BCUT2D eigenvalue weighted by molar-refractivity contribution is 9.10. The first-order chi connectivity index (χ1) is 14.3. The summed E-state index contributed by atoms with van der Waals surface area (Å²) in [6.07, 6.45) is 0.620. The quantitative estimate of drug-likeness (QED) is 0.636. The lowest BCUT2D eigenvalue weighted by atomic mass is 9.98. The van der Waals surface area contributed by atoms with Crippen LogP contribution in [0.4, 0.5) is 0 Å². The number of halogens is 1. The number of nitrogens with zero attached hydrogens (tertiary/aromatic N) is 2. The van der Waals surface area contributed by atoms with E-state index < -0.39 is 21.8 Å². The maximum Gasteiger partial charge on any atom is 0.270 e. The third-order valence-electron chi connectivity index (χ3n) is 4.87. The van der Waals surface area contributed by atoms with E-state index in [-0.39, 0.29) is 29.5 Å².